The van der Waals surface area contributed by atoms with E-state index in [1.165, 1.54) is 0 Å². The third-order valence-electron chi connectivity index (χ3n) is 3.96. The molecule has 0 radical (unpaired) electrons. The summed E-state index contributed by atoms with van der Waals surface area (Å²) in [5.74, 6) is -0.0193. The molecule has 0 spiro atoms. The van der Waals surface area contributed by atoms with Gasteiger partial charge in [-0.05, 0) is 30.2 Å². The molecule has 2 rings (SSSR count). The molecule has 1 aliphatic rings. The Morgan fingerprint density at radius 2 is 2.17 bits per heavy atom. The maximum absolute atomic E-state index is 12.4. The lowest BCUT2D eigenvalue weighted by atomic mass is 9.81. The zero-order valence-corrected chi connectivity index (χ0v) is 11.5. The maximum atomic E-state index is 12.4. The minimum absolute atomic E-state index is 0.0193. The average molecular weight is 269 g/mol. The van der Waals surface area contributed by atoms with Gasteiger partial charge in [-0.1, -0.05) is 13.8 Å². The molecule has 18 heavy (non-hydrogen) atoms. The Hall–Kier alpha value is -1.07. The molecule has 0 aliphatic carbocycles. The fraction of sp³-hybridized carbons (Fsp3) is 0.538. The second-order valence-corrected chi connectivity index (χ2v) is 7.31. The Labute approximate surface area is 108 Å². The van der Waals surface area contributed by atoms with Gasteiger partial charge in [-0.15, -0.1) is 0 Å². The number of nitrogens with two attached hydrogens (primary N) is 1. The monoisotopic (exact) mass is 269 g/mol. The van der Waals surface area contributed by atoms with E-state index >= 15 is 0 Å². The van der Waals surface area contributed by atoms with Gasteiger partial charge < -0.3 is 10.8 Å². The molecule has 0 saturated heterocycles. The summed E-state index contributed by atoms with van der Waals surface area (Å²) < 4.78 is 24.7. The van der Waals surface area contributed by atoms with Crippen molar-refractivity contribution in [2.75, 3.05) is 11.5 Å². The average Bonchev–Trinajstić information content (AvgIpc) is 2.33. The highest BCUT2D eigenvalue weighted by atomic mass is 32.2. The zero-order valence-electron chi connectivity index (χ0n) is 10.7. The predicted octanol–water partition coefficient (Wildman–Crippen LogP) is 1.38. The van der Waals surface area contributed by atoms with Crippen LogP contribution in [0.3, 0.4) is 0 Å². The van der Waals surface area contributed by atoms with E-state index in [2.05, 4.69) is 0 Å². The Morgan fingerprint density at radius 3 is 2.78 bits per heavy atom. The van der Waals surface area contributed by atoms with Gasteiger partial charge in [0, 0.05) is 17.5 Å². The van der Waals surface area contributed by atoms with Crippen molar-refractivity contribution in [3.63, 3.8) is 0 Å². The summed E-state index contributed by atoms with van der Waals surface area (Å²) in [4.78, 5) is 0.313. The molecular formula is C13H19NO3S. The molecule has 1 aliphatic heterocycles. The highest BCUT2D eigenvalue weighted by molar-refractivity contribution is 7.91. The maximum Gasteiger partial charge on any atom is 0.179 e. The molecule has 0 saturated carbocycles. The molecular weight excluding hydrogens is 250 g/mol. The predicted molar refractivity (Wildman–Crippen MR) is 71.0 cm³/mol. The molecule has 0 fully saturated rings. The highest BCUT2D eigenvalue weighted by Crippen LogP contribution is 2.37. The van der Waals surface area contributed by atoms with Crippen LogP contribution in [0, 0.1) is 5.41 Å². The van der Waals surface area contributed by atoms with Crippen LogP contribution in [0.4, 0.5) is 5.69 Å². The third-order valence-corrected chi connectivity index (χ3v) is 6.07. The molecule has 5 heteroatoms. The lowest BCUT2D eigenvalue weighted by Gasteiger charge is -2.30. The molecule has 1 heterocycles. The van der Waals surface area contributed by atoms with Gasteiger partial charge in [-0.3, -0.25) is 0 Å². The summed E-state index contributed by atoms with van der Waals surface area (Å²) in [6.45, 7) is 3.73. The molecule has 0 unspecified atom stereocenters. The van der Waals surface area contributed by atoms with E-state index in [1.807, 2.05) is 13.8 Å². The fourth-order valence-electron chi connectivity index (χ4n) is 2.46. The number of aliphatic hydroxyl groups excluding tert-OH is 1. The van der Waals surface area contributed by atoms with Crippen molar-refractivity contribution in [3.05, 3.63) is 23.8 Å². The van der Waals surface area contributed by atoms with Crippen LogP contribution in [-0.2, 0) is 16.3 Å². The summed E-state index contributed by atoms with van der Waals surface area (Å²) in [5, 5.41) is 10.3. The number of anilines is 1. The molecule has 3 N–H and O–H groups in total. The molecule has 1 aromatic carbocycles. The van der Waals surface area contributed by atoms with Gasteiger partial charge in [0.05, 0.1) is 16.8 Å². The summed E-state index contributed by atoms with van der Waals surface area (Å²) >= 11 is 0. The second-order valence-electron chi connectivity index (χ2n) is 5.35. The van der Waals surface area contributed by atoms with Crippen LogP contribution < -0.4 is 5.73 Å². The van der Waals surface area contributed by atoms with Gasteiger partial charge >= 0.3 is 0 Å². The van der Waals surface area contributed by atoms with Crippen LogP contribution in [0.15, 0.2) is 23.1 Å². The smallest absolute Gasteiger partial charge is 0.179 e. The topological polar surface area (TPSA) is 80.4 Å². The molecule has 2 atom stereocenters. The standard InChI is InChI=1S/C13H19NO3S/c1-3-13(2)8-18(16,17)11-5-4-10(14)6-9(11)7-12(13)15/h4-6,12,15H,3,7-8,14H2,1-2H3/t12-,13-/m1/s1. The zero-order chi connectivity index (χ0) is 13.6. The van der Waals surface area contributed by atoms with Gasteiger partial charge in [0.25, 0.3) is 0 Å². The molecule has 0 amide bonds. The Balaban J connectivity index is 2.61. The molecule has 0 aromatic heterocycles. The Kier molecular flexibility index (Phi) is 3.15. The fourth-order valence-corrected chi connectivity index (χ4v) is 4.70. The van der Waals surface area contributed by atoms with Crippen molar-refractivity contribution in [1.82, 2.24) is 0 Å². The van der Waals surface area contributed by atoms with Crippen LogP contribution in [0.1, 0.15) is 25.8 Å². The van der Waals surface area contributed by atoms with E-state index in [0.717, 1.165) is 0 Å². The van der Waals surface area contributed by atoms with E-state index in [-0.39, 0.29) is 5.75 Å². The van der Waals surface area contributed by atoms with Crippen molar-refractivity contribution in [3.8, 4) is 0 Å². The normalized spacial score (nSPS) is 30.5. The first kappa shape index (κ1) is 13.4. The van der Waals surface area contributed by atoms with Crippen LogP contribution in [-0.4, -0.2) is 25.4 Å². The van der Waals surface area contributed by atoms with Crippen molar-refractivity contribution in [2.45, 2.75) is 37.7 Å². The lowest BCUT2D eigenvalue weighted by molar-refractivity contribution is 0.0513. The van der Waals surface area contributed by atoms with E-state index in [9.17, 15) is 13.5 Å². The molecule has 0 bridgehead atoms. The van der Waals surface area contributed by atoms with Crippen LogP contribution in [0.25, 0.3) is 0 Å². The number of aliphatic hydroxyl groups is 1. The van der Waals surface area contributed by atoms with E-state index in [1.54, 1.807) is 18.2 Å². The first-order valence-corrected chi connectivity index (χ1v) is 7.73. The van der Waals surface area contributed by atoms with Crippen molar-refractivity contribution in [1.29, 1.82) is 0 Å². The number of rotatable bonds is 1. The second kappa shape index (κ2) is 4.24. The number of fused-ring (bicyclic) bond motifs is 1. The van der Waals surface area contributed by atoms with Crippen LogP contribution >= 0.6 is 0 Å². The summed E-state index contributed by atoms with van der Waals surface area (Å²) in [6.07, 6.45) is 0.293. The first-order chi connectivity index (χ1) is 8.28. The number of sulfone groups is 1. The Morgan fingerprint density at radius 1 is 1.50 bits per heavy atom. The largest absolute Gasteiger partial charge is 0.399 e. The number of hydrogen-bond acceptors (Lipinski definition) is 4. The van der Waals surface area contributed by atoms with Crippen molar-refractivity contribution >= 4 is 15.5 Å². The van der Waals surface area contributed by atoms with E-state index in [0.29, 0.717) is 29.0 Å². The van der Waals surface area contributed by atoms with E-state index in [4.69, 9.17) is 5.73 Å². The number of benzene rings is 1. The van der Waals surface area contributed by atoms with Crippen LogP contribution in [0.5, 0.6) is 0 Å². The van der Waals surface area contributed by atoms with E-state index < -0.39 is 21.4 Å². The SMILES string of the molecule is CC[C@]1(C)CS(=O)(=O)c2ccc(N)cc2C[C@H]1O. The first-order valence-electron chi connectivity index (χ1n) is 6.08. The minimum atomic E-state index is -3.36. The van der Waals surface area contributed by atoms with Crippen molar-refractivity contribution < 1.29 is 13.5 Å². The Bertz CT molecular complexity index is 568. The summed E-state index contributed by atoms with van der Waals surface area (Å²) in [5.41, 5.74) is 6.24. The quantitative estimate of drug-likeness (QED) is 0.755. The number of hydrogen-bond donors (Lipinski definition) is 2. The minimum Gasteiger partial charge on any atom is -0.399 e. The van der Waals surface area contributed by atoms with Crippen LogP contribution in [0.2, 0.25) is 0 Å². The molecule has 1 aromatic rings. The van der Waals surface area contributed by atoms with Crippen molar-refractivity contribution in [2.24, 2.45) is 5.41 Å². The van der Waals surface area contributed by atoms with Gasteiger partial charge in [0.1, 0.15) is 0 Å². The van der Waals surface area contributed by atoms with Gasteiger partial charge in [-0.25, -0.2) is 8.42 Å². The third kappa shape index (κ3) is 2.12. The lowest BCUT2D eigenvalue weighted by Crippen LogP contribution is -2.37. The molecule has 100 valence electrons. The van der Waals surface area contributed by atoms with Gasteiger partial charge in [-0.2, -0.15) is 0 Å². The molecule has 4 nitrogen and oxygen atoms in total. The summed E-state index contributed by atoms with van der Waals surface area (Å²) in [7, 11) is -3.36. The summed E-state index contributed by atoms with van der Waals surface area (Å²) in [6, 6.07) is 4.79. The highest BCUT2D eigenvalue weighted by Gasteiger charge is 2.40. The van der Waals surface area contributed by atoms with Gasteiger partial charge in [0.15, 0.2) is 9.84 Å². The van der Waals surface area contributed by atoms with Gasteiger partial charge in [0.2, 0.25) is 0 Å². The number of nitrogen functional groups attached to an aromatic ring is 1.